The van der Waals surface area contributed by atoms with E-state index in [1.54, 1.807) is 20.2 Å². The quantitative estimate of drug-likeness (QED) is 0.580. The number of methoxy groups -OCH3 is 1. The maximum absolute atomic E-state index is 11.5. The van der Waals surface area contributed by atoms with E-state index in [2.05, 4.69) is 32.5 Å². The van der Waals surface area contributed by atoms with Crippen LogP contribution in [0.1, 0.15) is 26.2 Å². The molecule has 2 aromatic rings. The van der Waals surface area contributed by atoms with E-state index in [9.17, 15) is 4.79 Å². The highest BCUT2D eigenvalue weighted by Crippen LogP contribution is 2.32. The summed E-state index contributed by atoms with van der Waals surface area (Å²) in [7, 11) is 3.80. The van der Waals surface area contributed by atoms with Gasteiger partial charge < -0.3 is 29.9 Å². The summed E-state index contributed by atoms with van der Waals surface area (Å²) in [4.78, 5) is 24.7. The summed E-state index contributed by atoms with van der Waals surface area (Å²) in [5.41, 5.74) is 0.841. The molecule has 2 aliphatic rings. The number of nitrogens with one attached hydrogen (secondary N) is 2. The van der Waals surface area contributed by atoms with Gasteiger partial charge in [-0.3, -0.25) is 4.79 Å². The van der Waals surface area contributed by atoms with Crippen LogP contribution in [0.2, 0.25) is 0 Å². The Morgan fingerprint density at radius 3 is 2.62 bits per heavy atom. The van der Waals surface area contributed by atoms with Crippen molar-refractivity contribution < 1.29 is 14.3 Å². The largest absolute Gasteiger partial charge is 0.493 e. The van der Waals surface area contributed by atoms with Gasteiger partial charge in [0.2, 0.25) is 11.9 Å². The van der Waals surface area contributed by atoms with Gasteiger partial charge in [-0.2, -0.15) is 4.98 Å². The van der Waals surface area contributed by atoms with Crippen molar-refractivity contribution in [1.82, 2.24) is 19.8 Å². The summed E-state index contributed by atoms with van der Waals surface area (Å²) in [6.45, 7) is 6.98. The van der Waals surface area contributed by atoms with Gasteiger partial charge in [-0.1, -0.05) is 0 Å². The van der Waals surface area contributed by atoms with Crippen LogP contribution >= 0.6 is 0 Å². The van der Waals surface area contributed by atoms with Crippen LogP contribution in [0.5, 0.6) is 11.5 Å². The molecule has 2 fully saturated rings. The molecule has 1 amide bonds. The second-order valence-corrected chi connectivity index (χ2v) is 9.31. The lowest BCUT2D eigenvalue weighted by molar-refractivity contribution is -0.130. The molecule has 2 saturated heterocycles. The average Bonchev–Trinajstić information content (AvgIpc) is 3.27. The van der Waals surface area contributed by atoms with E-state index in [4.69, 9.17) is 9.47 Å². The normalized spacial score (nSPS) is 19.1. The first-order chi connectivity index (χ1) is 16.5. The van der Waals surface area contributed by atoms with E-state index < -0.39 is 0 Å². The Morgan fingerprint density at radius 2 is 1.91 bits per heavy atom. The number of nitrogens with zero attached hydrogens (tertiary/aromatic N) is 4. The first-order valence-corrected chi connectivity index (χ1v) is 12.1. The molecule has 0 spiro atoms. The monoisotopic (exact) mass is 468 g/mol. The lowest BCUT2D eigenvalue weighted by atomic mass is 9.97. The van der Waals surface area contributed by atoms with Crippen LogP contribution in [-0.4, -0.2) is 79.2 Å². The standard InChI is InChI=1S/C25H36N6O3/c1-18(32)31-12-8-19(9-13-31)15-27-24-6-10-26-25(29-24)28-21-4-5-22(33-3)23(14-21)34-17-20-7-11-30(2)16-20/h4-6,10,14,19-20H,7-9,11-13,15-17H2,1-3H3,(H2,26,27,28,29). The molecule has 2 aliphatic heterocycles. The lowest BCUT2D eigenvalue weighted by Gasteiger charge is -2.31. The molecular weight excluding hydrogens is 432 g/mol. The Labute approximate surface area is 201 Å². The fourth-order valence-corrected chi connectivity index (χ4v) is 4.58. The first-order valence-electron chi connectivity index (χ1n) is 12.1. The van der Waals surface area contributed by atoms with E-state index in [0.29, 0.717) is 35.9 Å². The molecule has 9 heteroatoms. The molecule has 1 unspecified atom stereocenters. The molecule has 4 rings (SSSR count). The number of aromatic nitrogens is 2. The van der Waals surface area contributed by atoms with Gasteiger partial charge >= 0.3 is 0 Å². The highest BCUT2D eigenvalue weighted by Gasteiger charge is 2.21. The van der Waals surface area contributed by atoms with Gasteiger partial charge in [0.05, 0.1) is 13.7 Å². The number of carbonyl (C=O) groups is 1. The molecule has 0 bridgehead atoms. The number of hydrogen-bond acceptors (Lipinski definition) is 8. The van der Waals surface area contributed by atoms with Crippen molar-refractivity contribution in [2.75, 3.05) is 64.1 Å². The SMILES string of the molecule is COc1ccc(Nc2nccc(NCC3CCN(C(C)=O)CC3)n2)cc1OCC1CCN(C)C1. The zero-order valence-electron chi connectivity index (χ0n) is 20.4. The lowest BCUT2D eigenvalue weighted by Crippen LogP contribution is -2.38. The second kappa shape index (κ2) is 11.4. The van der Waals surface area contributed by atoms with Crippen molar-refractivity contribution in [3.05, 3.63) is 30.5 Å². The first kappa shape index (κ1) is 24.1. The van der Waals surface area contributed by atoms with E-state index in [0.717, 1.165) is 63.5 Å². The van der Waals surface area contributed by atoms with Crippen molar-refractivity contribution >= 4 is 23.4 Å². The molecule has 3 heterocycles. The Bertz CT molecular complexity index is 963. The Hall–Kier alpha value is -3.07. The molecule has 34 heavy (non-hydrogen) atoms. The predicted molar refractivity (Wildman–Crippen MR) is 133 cm³/mol. The molecule has 9 nitrogen and oxygen atoms in total. The maximum Gasteiger partial charge on any atom is 0.229 e. The summed E-state index contributed by atoms with van der Waals surface area (Å²) in [5.74, 6) is 3.95. The summed E-state index contributed by atoms with van der Waals surface area (Å²) >= 11 is 0. The van der Waals surface area contributed by atoms with Crippen molar-refractivity contribution in [2.45, 2.75) is 26.2 Å². The summed E-state index contributed by atoms with van der Waals surface area (Å²) in [6.07, 6.45) is 4.91. The van der Waals surface area contributed by atoms with Gasteiger partial charge in [-0.05, 0) is 57.0 Å². The molecule has 0 aliphatic carbocycles. The minimum atomic E-state index is 0.163. The number of anilines is 3. The summed E-state index contributed by atoms with van der Waals surface area (Å²) in [6, 6.07) is 7.63. The summed E-state index contributed by atoms with van der Waals surface area (Å²) in [5, 5.41) is 6.70. The number of piperidine rings is 1. The Balaban J connectivity index is 1.32. The van der Waals surface area contributed by atoms with Gasteiger partial charge in [-0.25, -0.2) is 4.98 Å². The van der Waals surface area contributed by atoms with Crippen molar-refractivity contribution in [3.8, 4) is 11.5 Å². The van der Waals surface area contributed by atoms with E-state index in [1.807, 2.05) is 29.2 Å². The van der Waals surface area contributed by atoms with E-state index in [1.165, 1.54) is 0 Å². The number of amides is 1. The number of likely N-dealkylation sites (tertiary alicyclic amines) is 2. The van der Waals surface area contributed by atoms with Crippen LogP contribution in [-0.2, 0) is 4.79 Å². The zero-order chi connectivity index (χ0) is 23.9. The molecule has 0 radical (unpaired) electrons. The third kappa shape index (κ3) is 6.50. The number of carbonyl (C=O) groups excluding carboxylic acids is 1. The van der Waals surface area contributed by atoms with Crippen LogP contribution < -0.4 is 20.1 Å². The van der Waals surface area contributed by atoms with Gasteiger partial charge in [0.1, 0.15) is 5.82 Å². The second-order valence-electron chi connectivity index (χ2n) is 9.31. The fourth-order valence-electron chi connectivity index (χ4n) is 4.58. The zero-order valence-corrected chi connectivity index (χ0v) is 20.4. The van der Waals surface area contributed by atoms with E-state index >= 15 is 0 Å². The van der Waals surface area contributed by atoms with Crippen molar-refractivity contribution in [1.29, 1.82) is 0 Å². The molecule has 1 aromatic heterocycles. The highest BCUT2D eigenvalue weighted by molar-refractivity contribution is 5.73. The van der Waals surface area contributed by atoms with Crippen LogP contribution in [0, 0.1) is 11.8 Å². The van der Waals surface area contributed by atoms with Gasteiger partial charge in [0.15, 0.2) is 11.5 Å². The topological polar surface area (TPSA) is 91.9 Å². The third-order valence-electron chi connectivity index (χ3n) is 6.67. The predicted octanol–water partition coefficient (Wildman–Crippen LogP) is 3.23. The minimum Gasteiger partial charge on any atom is -0.493 e. The molecule has 0 saturated carbocycles. The van der Waals surface area contributed by atoms with Gasteiger partial charge in [0.25, 0.3) is 0 Å². The third-order valence-corrected chi connectivity index (χ3v) is 6.67. The summed E-state index contributed by atoms with van der Waals surface area (Å²) < 4.78 is 11.6. The van der Waals surface area contributed by atoms with Crippen molar-refractivity contribution in [2.24, 2.45) is 11.8 Å². The molecule has 184 valence electrons. The average molecular weight is 469 g/mol. The highest BCUT2D eigenvalue weighted by atomic mass is 16.5. The molecule has 1 aromatic carbocycles. The maximum atomic E-state index is 11.5. The Kier molecular flexibility index (Phi) is 8.05. The van der Waals surface area contributed by atoms with Crippen LogP contribution in [0.15, 0.2) is 30.5 Å². The Morgan fingerprint density at radius 1 is 1.12 bits per heavy atom. The molecular formula is C25H36N6O3. The number of rotatable bonds is 9. The van der Waals surface area contributed by atoms with Crippen LogP contribution in [0.4, 0.5) is 17.5 Å². The van der Waals surface area contributed by atoms with Crippen LogP contribution in [0.25, 0.3) is 0 Å². The fraction of sp³-hybridized carbons (Fsp3) is 0.560. The minimum absolute atomic E-state index is 0.163. The smallest absolute Gasteiger partial charge is 0.229 e. The van der Waals surface area contributed by atoms with Gasteiger partial charge in [0, 0.05) is 57.0 Å². The molecule has 2 N–H and O–H groups in total. The van der Waals surface area contributed by atoms with Crippen molar-refractivity contribution in [3.63, 3.8) is 0 Å². The van der Waals surface area contributed by atoms with Gasteiger partial charge in [-0.15, -0.1) is 0 Å². The van der Waals surface area contributed by atoms with Crippen LogP contribution in [0.3, 0.4) is 0 Å². The van der Waals surface area contributed by atoms with E-state index in [-0.39, 0.29) is 5.91 Å². The number of ether oxygens (including phenoxy) is 2. The number of benzene rings is 1. The molecule has 1 atom stereocenters. The number of hydrogen-bond donors (Lipinski definition) is 2.